The van der Waals surface area contributed by atoms with E-state index in [0.29, 0.717) is 18.7 Å². The van der Waals surface area contributed by atoms with Gasteiger partial charge in [-0.2, -0.15) is 0 Å². The summed E-state index contributed by atoms with van der Waals surface area (Å²) in [5.74, 6) is -0.201. The molecule has 0 spiro atoms. The first kappa shape index (κ1) is 13.6. The number of hydrogen-bond acceptors (Lipinski definition) is 2. The van der Waals surface area contributed by atoms with Gasteiger partial charge in [0.25, 0.3) is 0 Å². The molecular formula is C12H17BrFNO. The topological polar surface area (TPSA) is 23.5 Å². The molecule has 0 aliphatic carbocycles. The molecule has 1 N–H and O–H groups in total. The predicted octanol–water partition coefficient (Wildman–Crippen LogP) is 2.79. The molecule has 0 fully saturated rings. The number of halogens is 2. The minimum absolute atomic E-state index is 0.109. The van der Waals surface area contributed by atoms with Crippen LogP contribution in [0.2, 0.25) is 0 Å². The Morgan fingerprint density at radius 2 is 2.12 bits per heavy atom. The molecule has 1 aromatic carbocycles. The molecular weight excluding hydrogens is 273 g/mol. The molecule has 1 aromatic rings. The van der Waals surface area contributed by atoms with Crippen LogP contribution in [0.5, 0.6) is 0 Å². The van der Waals surface area contributed by atoms with E-state index in [-0.39, 0.29) is 12.4 Å². The molecule has 0 atom stereocenters. The third-order valence-electron chi connectivity index (χ3n) is 2.37. The lowest BCUT2D eigenvalue weighted by molar-refractivity contribution is 0.189. The van der Waals surface area contributed by atoms with Gasteiger partial charge in [0.15, 0.2) is 0 Å². The molecule has 0 aliphatic rings. The van der Waals surface area contributed by atoms with Crippen molar-refractivity contribution in [2.75, 3.05) is 19.7 Å². The Hall–Kier alpha value is -0.450. The van der Waals surface area contributed by atoms with Crippen LogP contribution in [0.15, 0.2) is 22.7 Å². The summed E-state index contributed by atoms with van der Waals surface area (Å²) in [6.07, 6.45) is 0.998. The van der Waals surface area contributed by atoms with Crippen LogP contribution in [0, 0.1) is 5.82 Å². The molecule has 0 saturated heterocycles. The summed E-state index contributed by atoms with van der Waals surface area (Å²) in [6.45, 7) is 4.19. The Kier molecular flexibility index (Phi) is 5.95. The van der Waals surface area contributed by atoms with Gasteiger partial charge in [-0.3, -0.25) is 4.90 Å². The van der Waals surface area contributed by atoms with Crippen molar-refractivity contribution in [3.05, 3.63) is 34.1 Å². The minimum atomic E-state index is -0.201. The number of benzene rings is 1. The van der Waals surface area contributed by atoms with Crippen molar-refractivity contribution < 1.29 is 9.50 Å². The SMILES string of the molecule is CCCN(CCO)Cc1ccc(Br)cc1F. The van der Waals surface area contributed by atoms with E-state index in [4.69, 9.17) is 5.11 Å². The van der Waals surface area contributed by atoms with Gasteiger partial charge in [0.1, 0.15) is 5.82 Å². The van der Waals surface area contributed by atoms with E-state index in [0.717, 1.165) is 17.4 Å². The van der Waals surface area contributed by atoms with E-state index >= 15 is 0 Å². The molecule has 0 heterocycles. The first-order chi connectivity index (χ1) is 7.67. The van der Waals surface area contributed by atoms with Crippen molar-refractivity contribution in [1.29, 1.82) is 0 Å². The average molecular weight is 290 g/mol. The second-order valence-corrected chi connectivity index (χ2v) is 4.65. The highest BCUT2D eigenvalue weighted by Crippen LogP contribution is 2.16. The van der Waals surface area contributed by atoms with E-state index in [9.17, 15) is 4.39 Å². The van der Waals surface area contributed by atoms with Crippen molar-refractivity contribution in [3.63, 3.8) is 0 Å². The molecule has 1 rings (SSSR count). The summed E-state index contributed by atoms with van der Waals surface area (Å²) in [5, 5.41) is 8.91. The molecule has 2 nitrogen and oxygen atoms in total. The largest absolute Gasteiger partial charge is 0.395 e. The standard InChI is InChI=1S/C12H17BrFNO/c1-2-5-15(6-7-16)9-10-3-4-11(13)8-12(10)14/h3-4,8,16H,2,5-7,9H2,1H3. The lowest BCUT2D eigenvalue weighted by Gasteiger charge is -2.20. The monoisotopic (exact) mass is 289 g/mol. The average Bonchev–Trinajstić information content (AvgIpc) is 2.23. The van der Waals surface area contributed by atoms with Gasteiger partial charge in [-0.25, -0.2) is 4.39 Å². The van der Waals surface area contributed by atoms with Gasteiger partial charge in [-0.05, 0) is 25.1 Å². The Morgan fingerprint density at radius 3 is 2.69 bits per heavy atom. The highest BCUT2D eigenvalue weighted by Gasteiger charge is 2.08. The lowest BCUT2D eigenvalue weighted by atomic mass is 10.2. The zero-order chi connectivity index (χ0) is 12.0. The van der Waals surface area contributed by atoms with Crippen molar-refractivity contribution in [1.82, 2.24) is 4.90 Å². The Labute approximate surface area is 104 Å². The van der Waals surface area contributed by atoms with Crippen molar-refractivity contribution >= 4 is 15.9 Å². The van der Waals surface area contributed by atoms with E-state index in [1.165, 1.54) is 6.07 Å². The van der Waals surface area contributed by atoms with Crippen LogP contribution in [0.4, 0.5) is 4.39 Å². The summed E-state index contributed by atoms with van der Waals surface area (Å²) in [6, 6.07) is 5.08. The Bertz CT molecular complexity index is 327. The molecule has 0 bridgehead atoms. The fourth-order valence-corrected chi connectivity index (χ4v) is 1.95. The summed E-state index contributed by atoms with van der Waals surface area (Å²) in [7, 11) is 0. The minimum Gasteiger partial charge on any atom is -0.395 e. The van der Waals surface area contributed by atoms with Crippen LogP contribution in [0.3, 0.4) is 0 Å². The lowest BCUT2D eigenvalue weighted by Crippen LogP contribution is -2.27. The molecule has 90 valence electrons. The van der Waals surface area contributed by atoms with Crippen LogP contribution in [-0.2, 0) is 6.54 Å². The van der Waals surface area contributed by atoms with Crippen LogP contribution in [0.1, 0.15) is 18.9 Å². The van der Waals surface area contributed by atoms with Crippen LogP contribution >= 0.6 is 15.9 Å². The number of aliphatic hydroxyl groups is 1. The first-order valence-corrected chi connectivity index (χ1v) is 6.23. The number of aliphatic hydroxyl groups excluding tert-OH is 1. The van der Waals surface area contributed by atoms with E-state index < -0.39 is 0 Å². The Balaban J connectivity index is 2.68. The third-order valence-corrected chi connectivity index (χ3v) is 2.86. The van der Waals surface area contributed by atoms with Crippen molar-refractivity contribution in [3.8, 4) is 0 Å². The molecule has 0 unspecified atom stereocenters. The van der Waals surface area contributed by atoms with Crippen LogP contribution in [-0.4, -0.2) is 29.7 Å². The Morgan fingerprint density at radius 1 is 1.38 bits per heavy atom. The van der Waals surface area contributed by atoms with Crippen molar-refractivity contribution in [2.45, 2.75) is 19.9 Å². The molecule has 16 heavy (non-hydrogen) atoms. The van der Waals surface area contributed by atoms with Crippen LogP contribution < -0.4 is 0 Å². The van der Waals surface area contributed by atoms with Gasteiger partial charge in [0, 0.05) is 23.1 Å². The van der Waals surface area contributed by atoms with Gasteiger partial charge in [0.05, 0.1) is 6.61 Å². The fraction of sp³-hybridized carbons (Fsp3) is 0.500. The van der Waals surface area contributed by atoms with Crippen LogP contribution in [0.25, 0.3) is 0 Å². The normalized spacial score (nSPS) is 11.1. The fourth-order valence-electron chi connectivity index (χ4n) is 1.62. The number of rotatable bonds is 6. The van der Waals surface area contributed by atoms with Gasteiger partial charge in [0.2, 0.25) is 0 Å². The molecule has 0 radical (unpaired) electrons. The molecule has 0 saturated carbocycles. The molecule has 0 amide bonds. The van der Waals surface area contributed by atoms with Gasteiger partial charge in [-0.1, -0.05) is 28.9 Å². The molecule has 0 aliphatic heterocycles. The molecule has 0 aromatic heterocycles. The quantitative estimate of drug-likeness (QED) is 0.871. The smallest absolute Gasteiger partial charge is 0.128 e. The van der Waals surface area contributed by atoms with E-state index in [1.54, 1.807) is 6.07 Å². The third kappa shape index (κ3) is 4.20. The second-order valence-electron chi connectivity index (χ2n) is 3.74. The highest BCUT2D eigenvalue weighted by molar-refractivity contribution is 9.10. The number of nitrogens with zero attached hydrogens (tertiary/aromatic N) is 1. The van der Waals surface area contributed by atoms with Gasteiger partial charge in [-0.15, -0.1) is 0 Å². The number of hydrogen-bond donors (Lipinski definition) is 1. The summed E-state index contributed by atoms with van der Waals surface area (Å²) in [4.78, 5) is 2.05. The van der Waals surface area contributed by atoms with E-state index in [1.807, 2.05) is 11.0 Å². The first-order valence-electron chi connectivity index (χ1n) is 5.44. The molecule has 4 heteroatoms. The predicted molar refractivity (Wildman–Crippen MR) is 66.8 cm³/mol. The second kappa shape index (κ2) is 6.99. The maximum absolute atomic E-state index is 13.6. The van der Waals surface area contributed by atoms with Gasteiger partial charge < -0.3 is 5.11 Å². The van der Waals surface area contributed by atoms with E-state index in [2.05, 4.69) is 22.9 Å². The van der Waals surface area contributed by atoms with Gasteiger partial charge >= 0.3 is 0 Å². The highest BCUT2D eigenvalue weighted by atomic mass is 79.9. The zero-order valence-electron chi connectivity index (χ0n) is 9.42. The summed E-state index contributed by atoms with van der Waals surface area (Å²) < 4.78 is 14.3. The maximum Gasteiger partial charge on any atom is 0.128 e. The summed E-state index contributed by atoms with van der Waals surface area (Å²) >= 11 is 3.23. The van der Waals surface area contributed by atoms with Crippen molar-refractivity contribution in [2.24, 2.45) is 0 Å². The maximum atomic E-state index is 13.6. The zero-order valence-corrected chi connectivity index (χ0v) is 11.0. The summed E-state index contributed by atoms with van der Waals surface area (Å²) in [5.41, 5.74) is 0.671.